The first kappa shape index (κ1) is 31.3. The summed E-state index contributed by atoms with van der Waals surface area (Å²) in [5.41, 5.74) is 3.94. The molecule has 0 aromatic heterocycles. The van der Waals surface area contributed by atoms with Crippen LogP contribution in [0.25, 0.3) is 0 Å². The van der Waals surface area contributed by atoms with Crippen LogP contribution >= 0.6 is 11.6 Å². The summed E-state index contributed by atoms with van der Waals surface area (Å²) in [6, 6.07) is 11.8. The number of amides is 1. The van der Waals surface area contributed by atoms with E-state index in [9.17, 15) is 14.1 Å². The quantitative estimate of drug-likeness (QED) is 0.392. The lowest BCUT2D eigenvalue weighted by Gasteiger charge is -2.46. The molecule has 1 amide bonds. The van der Waals surface area contributed by atoms with E-state index in [1.54, 1.807) is 6.07 Å². The predicted molar refractivity (Wildman–Crippen MR) is 172 cm³/mol. The van der Waals surface area contributed by atoms with Crippen LogP contribution in [0.15, 0.2) is 36.4 Å². The van der Waals surface area contributed by atoms with Crippen LogP contribution in [0.5, 0.6) is 5.75 Å². The molecule has 1 saturated carbocycles. The number of aryl methyl sites for hydroxylation is 1. The van der Waals surface area contributed by atoms with Gasteiger partial charge in [0, 0.05) is 29.6 Å². The van der Waals surface area contributed by atoms with Crippen molar-refractivity contribution in [3.05, 3.63) is 58.1 Å². The van der Waals surface area contributed by atoms with Crippen LogP contribution in [0.3, 0.4) is 0 Å². The number of carbonyl (C=O) groups excluding carboxylic acids is 1. The Hall–Kier alpha value is -2.09. The number of halogens is 1. The van der Waals surface area contributed by atoms with E-state index in [-0.39, 0.29) is 35.0 Å². The molecule has 2 N–H and O–H groups in total. The molecule has 8 heteroatoms. The van der Waals surface area contributed by atoms with Crippen molar-refractivity contribution in [2.75, 3.05) is 24.6 Å². The van der Waals surface area contributed by atoms with Gasteiger partial charge in [-0.05, 0) is 111 Å². The molecule has 1 fully saturated rings. The summed E-state index contributed by atoms with van der Waals surface area (Å²) in [4.78, 5) is 15.7. The first-order chi connectivity index (χ1) is 20.2. The van der Waals surface area contributed by atoms with Gasteiger partial charge in [-0.25, -0.2) is 4.21 Å². The van der Waals surface area contributed by atoms with Crippen LogP contribution in [-0.4, -0.2) is 46.3 Å². The zero-order valence-corrected chi connectivity index (χ0v) is 27.1. The second-order valence-corrected chi connectivity index (χ2v) is 14.9. The van der Waals surface area contributed by atoms with Crippen molar-refractivity contribution in [1.82, 2.24) is 4.72 Å². The summed E-state index contributed by atoms with van der Waals surface area (Å²) in [7, 11) is -1.49. The fourth-order valence-electron chi connectivity index (χ4n) is 7.30. The second-order valence-electron chi connectivity index (χ2n) is 12.9. The Bertz CT molecular complexity index is 1290. The third-order valence-electron chi connectivity index (χ3n) is 10.1. The molecule has 2 aromatic carbocycles. The molecule has 2 bridgehead atoms. The Morgan fingerprint density at radius 3 is 2.64 bits per heavy atom. The summed E-state index contributed by atoms with van der Waals surface area (Å²) < 4.78 is 22.4. The van der Waals surface area contributed by atoms with Gasteiger partial charge in [-0.1, -0.05) is 44.4 Å². The average Bonchev–Trinajstić information content (AvgIpc) is 3.12. The van der Waals surface area contributed by atoms with Gasteiger partial charge in [-0.3, -0.25) is 9.52 Å². The van der Waals surface area contributed by atoms with Crippen molar-refractivity contribution in [3.63, 3.8) is 0 Å². The maximum atomic E-state index is 13.3. The van der Waals surface area contributed by atoms with Crippen LogP contribution in [0.4, 0.5) is 5.69 Å². The van der Waals surface area contributed by atoms with Gasteiger partial charge < -0.3 is 14.7 Å². The number of aliphatic hydroxyl groups excluding tert-OH is 1. The predicted octanol–water partition coefficient (Wildman–Crippen LogP) is 6.90. The lowest BCUT2D eigenvalue weighted by atomic mass is 9.64. The third-order valence-corrected chi connectivity index (χ3v) is 11.9. The Morgan fingerprint density at radius 2 is 1.93 bits per heavy atom. The number of hydrogen-bond acceptors (Lipinski definition) is 5. The number of hydrogen-bond donors (Lipinski definition) is 2. The maximum absolute atomic E-state index is 13.3. The van der Waals surface area contributed by atoms with Crippen LogP contribution < -0.4 is 14.4 Å². The molecule has 0 spiro atoms. The summed E-state index contributed by atoms with van der Waals surface area (Å²) in [5.74, 6) is 1.97. The van der Waals surface area contributed by atoms with E-state index in [2.05, 4.69) is 35.6 Å². The van der Waals surface area contributed by atoms with E-state index in [1.165, 1.54) is 11.1 Å². The molecule has 2 heterocycles. The van der Waals surface area contributed by atoms with Gasteiger partial charge in [-0.2, -0.15) is 0 Å². The van der Waals surface area contributed by atoms with Gasteiger partial charge in [0.2, 0.25) is 0 Å². The molecule has 0 saturated heterocycles. The minimum Gasteiger partial charge on any atom is -0.491 e. The van der Waals surface area contributed by atoms with Crippen molar-refractivity contribution < 1.29 is 18.8 Å². The van der Waals surface area contributed by atoms with E-state index in [4.69, 9.17) is 16.3 Å². The first-order valence-corrected chi connectivity index (χ1v) is 17.4. The van der Waals surface area contributed by atoms with Gasteiger partial charge in [0.05, 0.1) is 23.6 Å². The molecular weight excluding hydrogens is 568 g/mol. The second kappa shape index (κ2) is 13.7. The molecule has 8 unspecified atom stereocenters. The lowest BCUT2D eigenvalue weighted by molar-refractivity contribution is 0.0115. The number of rotatable bonds is 4. The highest BCUT2D eigenvalue weighted by atomic mass is 35.5. The molecule has 2 aromatic rings. The zero-order chi connectivity index (χ0) is 30.0. The van der Waals surface area contributed by atoms with Crippen molar-refractivity contribution in [3.8, 4) is 5.75 Å². The highest BCUT2D eigenvalue weighted by Gasteiger charge is 2.41. The van der Waals surface area contributed by atoms with Crippen molar-refractivity contribution in [2.24, 2.45) is 23.7 Å². The van der Waals surface area contributed by atoms with Crippen LogP contribution in [0.1, 0.15) is 93.6 Å². The number of aliphatic hydroxyl groups is 1. The highest BCUT2D eigenvalue weighted by Crippen LogP contribution is 2.46. The smallest absolute Gasteiger partial charge is 0.263 e. The number of ether oxygens (including phenoxy) is 1. The van der Waals surface area contributed by atoms with Crippen LogP contribution in [0.2, 0.25) is 5.02 Å². The Kier molecular flexibility index (Phi) is 10.2. The molecule has 6 nitrogen and oxygen atoms in total. The van der Waals surface area contributed by atoms with E-state index >= 15 is 0 Å². The summed E-state index contributed by atoms with van der Waals surface area (Å²) in [5, 5.41) is 11.5. The van der Waals surface area contributed by atoms with Crippen molar-refractivity contribution in [2.45, 2.75) is 89.9 Å². The van der Waals surface area contributed by atoms with Crippen molar-refractivity contribution >= 4 is 34.2 Å². The number of fused-ring (bicyclic) bond motifs is 2. The topological polar surface area (TPSA) is 78.9 Å². The molecular formula is C34H47ClN2O4S. The fourth-order valence-corrected chi connectivity index (χ4v) is 8.54. The number of nitrogens with zero attached hydrogens (tertiary/aromatic N) is 1. The van der Waals surface area contributed by atoms with E-state index < -0.39 is 11.0 Å². The van der Waals surface area contributed by atoms with Crippen LogP contribution in [-0.2, 0) is 17.4 Å². The minimum atomic E-state index is -1.49. The standard InChI is InChI=1S/C34H47ClN2O4S/c1-5-7-24-16-28(35)12-14-30(24)27-19-37-18-26-10-13-31(26)29(22(3)38)9-6-8-21(2)23(4)42(40)36-34(39)25-11-15-33(41-20-27)32(37)17-25/h11-12,14-17,21-23,26-27,29,31,38H,5-10,13,18-20H2,1-4H3,(H,36,39). The molecule has 5 rings (SSSR count). The minimum absolute atomic E-state index is 0.139. The SMILES string of the molecule is CCCc1cc(Cl)ccc1C1COc2ccc3cc2N(C1)CC1CCC1C(C(C)O)CCCC(C)C(C)S(=O)NC3=O. The summed E-state index contributed by atoms with van der Waals surface area (Å²) in [6.07, 6.45) is 6.78. The highest BCUT2D eigenvalue weighted by molar-refractivity contribution is 7.84. The van der Waals surface area contributed by atoms with Gasteiger partial charge in [0.15, 0.2) is 0 Å². The van der Waals surface area contributed by atoms with Gasteiger partial charge in [0.25, 0.3) is 5.91 Å². The molecule has 1 aliphatic carbocycles. The van der Waals surface area contributed by atoms with E-state index in [0.717, 1.165) is 74.5 Å². The normalized spacial score (nSPS) is 31.1. The monoisotopic (exact) mass is 614 g/mol. The molecule has 8 atom stereocenters. The van der Waals surface area contributed by atoms with E-state index in [0.29, 0.717) is 24.0 Å². The number of anilines is 1. The summed E-state index contributed by atoms with van der Waals surface area (Å²) >= 11 is 6.41. The van der Waals surface area contributed by atoms with Crippen LogP contribution in [0, 0.1) is 23.7 Å². The Labute approximate surface area is 259 Å². The van der Waals surface area contributed by atoms with Gasteiger partial charge >= 0.3 is 0 Å². The maximum Gasteiger partial charge on any atom is 0.263 e. The average molecular weight is 615 g/mol. The third kappa shape index (κ3) is 6.84. The lowest BCUT2D eigenvalue weighted by Crippen LogP contribution is -2.45. The molecule has 230 valence electrons. The van der Waals surface area contributed by atoms with Crippen molar-refractivity contribution in [1.29, 1.82) is 0 Å². The molecule has 2 aliphatic heterocycles. The zero-order valence-electron chi connectivity index (χ0n) is 25.5. The number of carbonyl (C=O) groups is 1. The number of nitrogens with one attached hydrogen (secondary N) is 1. The molecule has 0 radical (unpaired) electrons. The fraction of sp³-hybridized carbons (Fsp3) is 0.618. The molecule has 3 aliphatic rings. The summed E-state index contributed by atoms with van der Waals surface area (Å²) in [6.45, 7) is 10.4. The Balaban J connectivity index is 1.53. The largest absolute Gasteiger partial charge is 0.491 e. The van der Waals surface area contributed by atoms with E-state index in [1.807, 2.05) is 32.0 Å². The van der Waals surface area contributed by atoms with Gasteiger partial charge in [0.1, 0.15) is 16.7 Å². The first-order valence-electron chi connectivity index (χ1n) is 15.9. The van der Waals surface area contributed by atoms with Gasteiger partial charge in [-0.15, -0.1) is 0 Å². The Morgan fingerprint density at radius 1 is 1.12 bits per heavy atom. The number of benzene rings is 2. The molecule has 42 heavy (non-hydrogen) atoms.